The predicted molar refractivity (Wildman–Crippen MR) is 58.9 cm³/mol. The van der Waals surface area contributed by atoms with E-state index in [-0.39, 0.29) is 11.7 Å². The van der Waals surface area contributed by atoms with Gasteiger partial charge in [-0.15, -0.1) is 0 Å². The fourth-order valence-electron chi connectivity index (χ4n) is 2.60. The van der Waals surface area contributed by atoms with Crippen LogP contribution in [0.3, 0.4) is 0 Å². The van der Waals surface area contributed by atoms with Gasteiger partial charge in [-0.3, -0.25) is 0 Å². The van der Waals surface area contributed by atoms with Gasteiger partial charge in [-0.25, -0.2) is 4.39 Å². The van der Waals surface area contributed by atoms with Crippen molar-refractivity contribution in [3.8, 4) is 5.75 Å². The second-order valence-electron chi connectivity index (χ2n) is 4.79. The predicted octanol–water partition coefficient (Wildman–Crippen LogP) is 3.70. The first-order valence-corrected chi connectivity index (χ1v) is 5.56. The minimum absolute atomic E-state index is 0.131. The van der Waals surface area contributed by atoms with E-state index < -0.39 is 5.82 Å². The number of fused-ring (bicyclic) bond motifs is 1. The van der Waals surface area contributed by atoms with Crippen LogP contribution in [0, 0.1) is 5.82 Å². The molecule has 1 unspecified atom stereocenters. The molecule has 1 aromatic rings. The Morgan fingerprint density at radius 3 is 2.73 bits per heavy atom. The minimum atomic E-state index is -0.419. The maximum Gasteiger partial charge on any atom is 0.168 e. The zero-order chi connectivity index (χ0) is 11.2. The molecule has 0 saturated heterocycles. The number of rotatable bonds is 1. The third-order valence-corrected chi connectivity index (χ3v) is 3.33. The van der Waals surface area contributed by atoms with Crippen molar-refractivity contribution in [2.45, 2.75) is 45.4 Å². The maximum absolute atomic E-state index is 13.8. The molecule has 0 amide bonds. The molecule has 2 rings (SSSR count). The summed E-state index contributed by atoms with van der Waals surface area (Å²) in [7, 11) is 0. The molecule has 1 atom stereocenters. The molecule has 1 nitrogen and oxygen atoms in total. The summed E-state index contributed by atoms with van der Waals surface area (Å²) >= 11 is 0. The Labute approximate surface area is 89.9 Å². The molecule has 0 aliphatic heterocycles. The Bertz CT molecular complexity index is 396. The van der Waals surface area contributed by atoms with E-state index in [1.54, 1.807) is 6.07 Å². The van der Waals surface area contributed by atoms with E-state index in [2.05, 4.69) is 6.92 Å². The van der Waals surface area contributed by atoms with Crippen molar-refractivity contribution < 1.29 is 9.50 Å². The summed E-state index contributed by atoms with van der Waals surface area (Å²) in [5.41, 5.74) is 2.99. The van der Waals surface area contributed by atoms with Crippen LogP contribution in [0.2, 0.25) is 0 Å². The number of phenols is 1. The number of benzene rings is 1. The van der Waals surface area contributed by atoms with Crippen molar-refractivity contribution in [2.75, 3.05) is 0 Å². The Hall–Kier alpha value is -1.05. The molecule has 1 aliphatic carbocycles. The van der Waals surface area contributed by atoms with Crippen molar-refractivity contribution in [3.63, 3.8) is 0 Å². The first kappa shape index (κ1) is 10.5. The van der Waals surface area contributed by atoms with Gasteiger partial charge in [0.15, 0.2) is 11.6 Å². The van der Waals surface area contributed by atoms with Gasteiger partial charge in [0.1, 0.15) is 0 Å². The lowest BCUT2D eigenvalue weighted by Gasteiger charge is -2.17. The SMILES string of the molecule is CC(C)c1c(F)c(O)cc2c1C(C)CC2. The van der Waals surface area contributed by atoms with Crippen molar-refractivity contribution in [1.82, 2.24) is 0 Å². The lowest BCUT2D eigenvalue weighted by molar-refractivity contribution is 0.425. The van der Waals surface area contributed by atoms with Gasteiger partial charge < -0.3 is 5.11 Å². The molecule has 82 valence electrons. The van der Waals surface area contributed by atoms with Crippen LogP contribution in [0.15, 0.2) is 6.07 Å². The smallest absolute Gasteiger partial charge is 0.168 e. The topological polar surface area (TPSA) is 20.2 Å². The molecule has 0 bridgehead atoms. The molecule has 0 spiro atoms. The number of halogens is 1. The number of aryl methyl sites for hydroxylation is 1. The van der Waals surface area contributed by atoms with E-state index >= 15 is 0 Å². The molecule has 1 aromatic carbocycles. The van der Waals surface area contributed by atoms with Crippen LogP contribution in [0.25, 0.3) is 0 Å². The van der Waals surface area contributed by atoms with Crippen LogP contribution in [-0.4, -0.2) is 5.11 Å². The number of phenolic OH excluding ortho intramolecular Hbond substituents is 1. The van der Waals surface area contributed by atoms with E-state index in [0.717, 1.165) is 29.5 Å². The quantitative estimate of drug-likeness (QED) is 0.746. The average Bonchev–Trinajstić information content (AvgIpc) is 2.49. The largest absolute Gasteiger partial charge is 0.505 e. The third-order valence-electron chi connectivity index (χ3n) is 3.33. The zero-order valence-electron chi connectivity index (χ0n) is 9.47. The van der Waals surface area contributed by atoms with Crippen molar-refractivity contribution in [1.29, 1.82) is 0 Å². The summed E-state index contributed by atoms with van der Waals surface area (Å²) in [5, 5.41) is 9.52. The molecule has 0 fully saturated rings. The van der Waals surface area contributed by atoms with Gasteiger partial charge in [-0.2, -0.15) is 0 Å². The molecule has 0 aromatic heterocycles. The highest BCUT2D eigenvalue weighted by atomic mass is 19.1. The van der Waals surface area contributed by atoms with E-state index in [0.29, 0.717) is 5.92 Å². The van der Waals surface area contributed by atoms with Gasteiger partial charge in [0.2, 0.25) is 0 Å². The summed E-state index contributed by atoms with van der Waals surface area (Å²) in [5.74, 6) is -0.0528. The maximum atomic E-state index is 13.8. The lowest BCUT2D eigenvalue weighted by atomic mass is 9.89. The highest BCUT2D eigenvalue weighted by Gasteiger charge is 2.27. The Kier molecular flexibility index (Phi) is 2.45. The van der Waals surface area contributed by atoms with Crippen molar-refractivity contribution in [2.24, 2.45) is 0 Å². The van der Waals surface area contributed by atoms with Gasteiger partial charge in [-0.1, -0.05) is 20.8 Å². The summed E-state index contributed by atoms with van der Waals surface area (Å²) in [4.78, 5) is 0. The van der Waals surface area contributed by atoms with E-state index in [1.165, 1.54) is 0 Å². The van der Waals surface area contributed by atoms with E-state index in [4.69, 9.17) is 0 Å². The van der Waals surface area contributed by atoms with Gasteiger partial charge in [0, 0.05) is 0 Å². The summed E-state index contributed by atoms with van der Waals surface area (Å²) < 4.78 is 13.8. The molecule has 0 saturated carbocycles. The zero-order valence-corrected chi connectivity index (χ0v) is 9.47. The fourth-order valence-corrected chi connectivity index (χ4v) is 2.60. The first-order chi connectivity index (χ1) is 7.02. The summed E-state index contributed by atoms with van der Waals surface area (Å²) in [6.45, 7) is 6.08. The van der Waals surface area contributed by atoms with Crippen molar-refractivity contribution >= 4 is 0 Å². The molecule has 0 heterocycles. The highest BCUT2D eigenvalue weighted by molar-refractivity contribution is 5.48. The van der Waals surface area contributed by atoms with Crippen LogP contribution >= 0.6 is 0 Å². The molecule has 15 heavy (non-hydrogen) atoms. The van der Waals surface area contributed by atoms with Gasteiger partial charge in [0.05, 0.1) is 0 Å². The standard InChI is InChI=1S/C13H17FO/c1-7(2)11-12-8(3)4-5-9(12)6-10(15)13(11)14/h6-8,15H,4-5H2,1-3H3. The highest BCUT2D eigenvalue weighted by Crippen LogP contribution is 2.42. The molecule has 1 aliphatic rings. The molecule has 2 heteroatoms. The molecular weight excluding hydrogens is 191 g/mol. The monoisotopic (exact) mass is 208 g/mol. The average molecular weight is 208 g/mol. The fraction of sp³-hybridized carbons (Fsp3) is 0.538. The van der Waals surface area contributed by atoms with Crippen LogP contribution in [-0.2, 0) is 6.42 Å². The third kappa shape index (κ3) is 1.52. The lowest BCUT2D eigenvalue weighted by Crippen LogP contribution is -2.02. The minimum Gasteiger partial charge on any atom is -0.505 e. The Morgan fingerprint density at radius 2 is 2.13 bits per heavy atom. The van der Waals surface area contributed by atoms with Crippen LogP contribution in [0.4, 0.5) is 4.39 Å². The second kappa shape index (κ2) is 3.51. The summed E-state index contributed by atoms with van der Waals surface area (Å²) in [6, 6.07) is 1.60. The number of hydrogen-bond acceptors (Lipinski definition) is 1. The summed E-state index contributed by atoms with van der Waals surface area (Å²) in [6.07, 6.45) is 2.03. The molecule has 1 N–H and O–H groups in total. The van der Waals surface area contributed by atoms with Crippen LogP contribution in [0.5, 0.6) is 5.75 Å². The van der Waals surface area contributed by atoms with Crippen LogP contribution < -0.4 is 0 Å². The van der Waals surface area contributed by atoms with E-state index in [1.807, 2.05) is 13.8 Å². The molecular formula is C13H17FO. The van der Waals surface area contributed by atoms with E-state index in [9.17, 15) is 9.50 Å². The first-order valence-electron chi connectivity index (χ1n) is 5.56. The second-order valence-corrected chi connectivity index (χ2v) is 4.79. The van der Waals surface area contributed by atoms with Gasteiger partial charge in [0.25, 0.3) is 0 Å². The Balaban J connectivity index is 2.69. The number of hydrogen-bond donors (Lipinski definition) is 1. The Morgan fingerprint density at radius 1 is 1.47 bits per heavy atom. The molecule has 0 radical (unpaired) electrons. The van der Waals surface area contributed by atoms with Crippen molar-refractivity contribution in [3.05, 3.63) is 28.6 Å². The normalized spacial score (nSPS) is 19.7. The number of aromatic hydroxyl groups is 1. The van der Waals surface area contributed by atoms with Gasteiger partial charge in [-0.05, 0) is 47.4 Å². The van der Waals surface area contributed by atoms with Gasteiger partial charge >= 0.3 is 0 Å². The van der Waals surface area contributed by atoms with Crippen LogP contribution in [0.1, 0.15) is 55.7 Å².